The van der Waals surface area contributed by atoms with Crippen LogP contribution in [0.25, 0.3) is 27.4 Å². The molecule has 0 aliphatic heterocycles. The maximum atomic E-state index is 13.0. The Morgan fingerprint density at radius 1 is 0.951 bits per heavy atom. The highest BCUT2D eigenvalue weighted by Crippen LogP contribution is 2.33. The average Bonchev–Trinajstić information content (AvgIpc) is 3.25. The number of rotatable bonds is 7. The Kier molecular flexibility index (Phi) is 6.88. The molecule has 0 radical (unpaired) electrons. The molecule has 0 atom stereocenters. The lowest BCUT2D eigenvalue weighted by Gasteiger charge is -2.13. The number of carbonyl (C=O) groups is 2. The van der Waals surface area contributed by atoms with E-state index in [1.807, 2.05) is 0 Å². The fraction of sp³-hybridized carbons (Fsp3) is 0.0741. The van der Waals surface area contributed by atoms with E-state index in [1.54, 1.807) is 30.3 Å². The number of halogens is 3. The lowest BCUT2D eigenvalue weighted by molar-refractivity contribution is -0.274. The number of hydrogen-bond acceptors (Lipinski definition) is 6. The summed E-state index contributed by atoms with van der Waals surface area (Å²) in [6.45, 7) is 0. The number of nitrogens with zero attached hydrogens (tertiary/aromatic N) is 2. The van der Waals surface area contributed by atoms with E-state index in [0.29, 0.717) is 33.1 Å². The zero-order chi connectivity index (χ0) is 29.5. The van der Waals surface area contributed by atoms with Crippen LogP contribution in [-0.4, -0.2) is 36.4 Å². The van der Waals surface area contributed by atoms with Crippen LogP contribution in [-0.2, 0) is 21.2 Å². The highest BCUT2D eigenvalue weighted by atomic mass is 32.2. The van der Waals surface area contributed by atoms with E-state index >= 15 is 0 Å². The first-order valence-corrected chi connectivity index (χ1v) is 13.4. The maximum absolute atomic E-state index is 13.0. The van der Waals surface area contributed by atoms with Gasteiger partial charge >= 0.3 is 6.36 Å². The summed E-state index contributed by atoms with van der Waals surface area (Å²) in [5.74, 6) is -2.11. The summed E-state index contributed by atoms with van der Waals surface area (Å²) in [6, 6.07) is 18.9. The molecule has 5 N–H and O–H groups in total. The number of hydrogen-bond donors (Lipinski definition) is 3. The van der Waals surface area contributed by atoms with Crippen molar-refractivity contribution in [2.75, 3.05) is 5.32 Å². The zero-order valence-corrected chi connectivity index (χ0v) is 21.7. The van der Waals surface area contributed by atoms with Crippen molar-refractivity contribution in [3.8, 4) is 11.4 Å². The predicted molar refractivity (Wildman–Crippen MR) is 144 cm³/mol. The molecule has 0 saturated carbocycles. The van der Waals surface area contributed by atoms with Gasteiger partial charge in [0.1, 0.15) is 5.75 Å². The molecule has 0 saturated heterocycles. The van der Waals surface area contributed by atoms with E-state index in [-0.39, 0.29) is 22.6 Å². The van der Waals surface area contributed by atoms with Gasteiger partial charge in [-0.2, -0.15) is 5.10 Å². The van der Waals surface area contributed by atoms with Crippen molar-refractivity contribution < 1.29 is 35.9 Å². The fourth-order valence-electron chi connectivity index (χ4n) is 4.39. The third-order valence-electron chi connectivity index (χ3n) is 6.10. The highest BCUT2D eigenvalue weighted by molar-refractivity contribution is 7.89. The van der Waals surface area contributed by atoms with E-state index in [4.69, 9.17) is 10.9 Å². The van der Waals surface area contributed by atoms with Crippen LogP contribution in [0.15, 0.2) is 83.8 Å². The van der Waals surface area contributed by atoms with E-state index in [0.717, 1.165) is 6.07 Å². The summed E-state index contributed by atoms with van der Waals surface area (Å²) >= 11 is 0. The number of aromatic nitrogens is 2. The fourth-order valence-corrected chi connectivity index (χ4v) is 4.91. The van der Waals surface area contributed by atoms with E-state index in [1.165, 1.54) is 47.1 Å². The Balaban J connectivity index is 1.62. The number of benzene rings is 4. The number of fused-ring (bicyclic) bond motifs is 3. The Labute approximate surface area is 230 Å². The summed E-state index contributed by atoms with van der Waals surface area (Å²) in [5, 5.41) is 14.2. The van der Waals surface area contributed by atoms with Crippen LogP contribution in [0.2, 0.25) is 0 Å². The molecule has 10 nitrogen and oxygen atoms in total. The van der Waals surface area contributed by atoms with Gasteiger partial charge in [0, 0.05) is 16.5 Å². The van der Waals surface area contributed by atoms with Gasteiger partial charge in [0.15, 0.2) is 0 Å². The largest absolute Gasteiger partial charge is 0.573 e. The number of alkyl halides is 3. The van der Waals surface area contributed by atoms with Crippen LogP contribution in [0.3, 0.4) is 0 Å². The minimum Gasteiger partial charge on any atom is -0.405 e. The predicted octanol–water partition coefficient (Wildman–Crippen LogP) is 4.00. The van der Waals surface area contributed by atoms with Crippen LogP contribution in [0.4, 0.5) is 18.9 Å². The first kappa shape index (κ1) is 27.6. The SMILES string of the molecule is NC(=O)Cc1nn(-c2ccc(S(N)(=O)=O)cc2)c2c1ccc1ccc(NC(=O)c3ccccc3OC(F)(F)F)cc12. The molecule has 0 aliphatic rings. The monoisotopic (exact) mass is 583 g/mol. The van der Waals surface area contributed by atoms with E-state index < -0.39 is 33.9 Å². The third kappa shape index (κ3) is 5.83. The standard InChI is InChI=1S/C27H20F3N5O5S/c28-27(29,30)40-23-4-2-1-3-20(23)26(37)33-16-7-5-15-6-12-19-22(14-24(31)36)34-35(25(19)21(15)13-16)17-8-10-18(11-9-17)41(32,38)39/h1-13H,14H2,(H2,31,36)(H,33,37)(H2,32,38,39). The molecule has 5 aromatic rings. The third-order valence-corrected chi connectivity index (χ3v) is 7.03. The van der Waals surface area contributed by atoms with Gasteiger partial charge in [-0.1, -0.05) is 30.3 Å². The number of anilines is 1. The number of sulfonamides is 1. The van der Waals surface area contributed by atoms with Crippen LogP contribution in [0, 0.1) is 0 Å². The van der Waals surface area contributed by atoms with Gasteiger partial charge in [-0.3, -0.25) is 9.59 Å². The second-order valence-electron chi connectivity index (χ2n) is 8.94. The number of primary sulfonamides is 1. The Bertz CT molecular complexity index is 1940. The number of para-hydroxylation sites is 1. The second kappa shape index (κ2) is 10.2. The molecule has 2 amide bonds. The van der Waals surface area contributed by atoms with Gasteiger partial charge in [0.25, 0.3) is 5.91 Å². The summed E-state index contributed by atoms with van der Waals surface area (Å²) < 4.78 is 67.5. The van der Waals surface area contributed by atoms with Crippen molar-refractivity contribution in [3.05, 3.63) is 90.1 Å². The minimum atomic E-state index is -4.99. The molecule has 0 bridgehead atoms. The lowest BCUT2D eigenvalue weighted by atomic mass is 10.0. The van der Waals surface area contributed by atoms with Crippen molar-refractivity contribution in [2.24, 2.45) is 10.9 Å². The van der Waals surface area contributed by atoms with Gasteiger partial charge in [-0.05, 0) is 53.9 Å². The molecule has 0 unspecified atom stereocenters. The Morgan fingerprint density at radius 3 is 2.29 bits per heavy atom. The number of ether oxygens (including phenoxy) is 1. The topological polar surface area (TPSA) is 159 Å². The maximum Gasteiger partial charge on any atom is 0.573 e. The van der Waals surface area contributed by atoms with Gasteiger partial charge in [-0.25, -0.2) is 18.2 Å². The molecular formula is C27H20F3N5O5S. The van der Waals surface area contributed by atoms with Crippen LogP contribution in [0.5, 0.6) is 5.75 Å². The number of amides is 2. The molecule has 0 spiro atoms. The molecule has 1 heterocycles. The zero-order valence-electron chi connectivity index (χ0n) is 20.8. The van der Waals surface area contributed by atoms with Gasteiger partial charge in [0.05, 0.1) is 33.8 Å². The number of nitrogens with two attached hydrogens (primary N) is 2. The van der Waals surface area contributed by atoms with Crippen molar-refractivity contribution in [2.45, 2.75) is 17.7 Å². The number of primary amides is 1. The molecule has 1 aromatic heterocycles. The average molecular weight is 584 g/mol. The molecule has 41 heavy (non-hydrogen) atoms. The van der Waals surface area contributed by atoms with Crippen molar-refractivity contribution >= 4 is 49.2 Å². The highest BCUT2D eigenvalue weighted by Gasteiger charge is 2.33. The summed E-state index contributed by atoms with van der Waals surface area (Å²) in [6.07, 6.45) is -5.17. The molecule has 0 aliphatic carbocycles. The molecule has 0 fully saturated rings. The van der Waals surface area contributed by atoms with Crippen molar-refractivity contribution in [1.29, 1.82) is 0 Å². The molecule has 5 rings (SSSR count). The van der Waals surface area contributed by atoms with Crippen LogP contribution in [0.1, 0.15) is 16.1 Å². The second-order valence-corrected chi connectivity index (χ2v) is 10.5. The van der Waals surface area contributed by atoms with E-state index in [2.05, 4.69) is 15.2 Å². The first-order valence-electron chi connectivity index (χ1n) is 11.8. The quantitative estimate of drug-likeness (QED) is 0.263. The van der Waals surface area contributed by atoms with Crippen LogP contribution >= 0.6 is 0 Å². The van der Waals surface area contributed by atoms with E-state index in [9.17, 15) is 31.2 Å². The minimum absolute atomic E-state index is 0.111. The van der Waals surface area contributed by atoms with Crippen molar-refractivity contribution in [3.63, 3.8) is 0 Å². The summed E-state index contributed by atoms with van der Waals surface area (Å²) in [4.78, 5) is 24.6. The first-order chi connectivity index (χ1) is 19.3. The molecule has 210 valence electrons. The molecule has 14 heteroatoms. The van der Waals surface area contributed by atoms with Crippen molar-refractivity contribution in [1.82, 2.24) is 9.78 Å². The molecular weight excluding hydrogens is 563 g/mol. The van der Waals surface area contributed by atoms with Gasteiger partial charge < -0.3 is 15.8 Å². The number of carbonyl (C=O) groups excluding carboxylic acids is 2. The van der Waals surface area contributed by atoms with Crippen LogP contribution < -0.4 is 20.9 Å². The Morgan fingerprint density at radius 2 is 1.63 bits per heavy atom. The number of nitrogens with one attached hydrogen (secondary N) is 1. The summed E-state index contributed by atoms with van der Waals surface area (Å²) in [7, 11) is -3.95. The van der Waals surface area contributed by atoms with Gasteiger partial charge in [0.2, 0.25) is 15.9 Å². The lowest BCUT2D eigenvalue weighted by Crippen LogP contribution is -2.20. The molecule has 4 aromatic carbocycles. The summed E-state index contributed by atoms with van der Waals surface area (Å²) in [5.41, 5.74) is 6.67. The smallest absolute Gasteiger partial charge is 0.405 e. The normalized spacial score (nSPS) is 12.0. The van der Waals surface area contributed by atoms with Gasteiger partial charge in [-0.15, -0.1) is 13.2 Å². The Hall–Kier alpha value is -4.95.